The molecule has 0 heterocycles. The zero-order chi connectivity index (χ0) is 25.4. The number of hydrogen-bond donors (Lipinski definition) is 3. The molecule has 0 aliphatic rings. The molecule has 35 heavy (non-hydrogen) atoms. The van der Waals surface area contributed by atoms with Crippen LogP contribution >= 0.6 is 23.2 Å². The van der Waals surface area contributed by atoms with Crippen molar-refractivity contribution in [1.29, 1.82) is 0 Å². The first-order chi connectivity index (χ1) is 16.7. The predicted molar refractivity (Wildman–Crippen MR) is 137 cm³/mol. The molecule has 0 atom stereocenters. The maximum absolute atomic E-state index is 12.1. The van der Waals surface area contributed by atoms with Crippen LogP contribution in [-0.2, 0) is 14.4 Å². The summed E-state index contributed by atoms with van der Waals surface area (Å²) in [6.07, 6.45) is 1.32. The highest BCUT2D eigenvalue weighted by Crippen LogP contribution is 2.25. The van der Waals surface area contributed by atoms with E-state index in [1.54, 1.807) is 36.4 Å². The van der Waals surface area contributed by atoms with Crippen molar-refractivity contribution >= 4 is 58.5 Å². The maximum Gasteiger partial charge on any atom is 0.329 e. The van der Waals surface area contributed by atoms with E-state index in [1.165, 1.54) is 12.3 Å². The molecule has 0 saturated carbocycles. The molecule has 0 saturated heterocycles. The summed E-state index contributed by atoms with van der Waals surface area (Å²) in [7, 11) is 0. The Kier molecular flexibility index (Phi) is 8.83. The molecule has 180 valence electrons. The summed E-state index contributed by atoms with van der Waals surface area (Å²) in [6, 6.07) is 17.1. The third kappa shape index (κ3) is 7.30. The van der Waals surface area contributed by atoms with Crippen molar-refractivity contribution < 1.29 is 19.1 Å². The fourth-order valence-electron chi connectivity index (χ4n) is 3.00. The highest BCUT2D eigenvalue weighted by molar-refractivity contribution is 6.39. The van der Waals surface area contributed by atoms with E-state index in [2.05, 4.69) is 21.2 Å². The van der Waals surface area contributed by atoms with Crippen molar-refractivity contribution in [2.75, 3.05) is 17.2 Å². The number of amides is 3. The summed E-state index contributed by atoms with van der Waals surface area (Å²) in [4.78, 5) is 36.3. The van der Waals surface area contributed by atoms with Gasteiger partial charge in [-0.1, -0.05) is 53.5 Å². The smallest absolute Gasteiger partial charge is 0.329 e. The number of nitrogens with one attached hydrogen (secondary N) is 3. The van der Waals surface area contributed by atoms with Crippen LogP contribution in [0.15, 0.2) is 65.8 Å². The number of carbonyl (C=O) groups excluding carboxylic acids is 3. The molecule has 3 rings (SSSR count). The van der Waals surface area contributed by atoms with Crippen LogP contribution in [0.1, 0.15) is 16.7 Å². The first-order valence-corrected chi connectivity index (χ1v) is 11.2. The van der Waals surface area contributed by atoms with Crippen LogP contribution in [0.3, 0.4) is 0 Å². The lowest BCUT2D eigenvalue weighted by atomic mass is 10.1. The van der Waals surface area contributed by atoms with E-state index in [0.29, 0.717) is 22.0 Å². The Bertz CT molecular complexity index is 1270. The maximum atomic E-state index is 12.1. The molecular formula is C25H22Cl2N4O4. The molecule has 3 N–H and O–H groups in total. The number of carbonyl (C=O) groups is 3. The van der Waals surface area contributed by atoms with E-state index in [4.69, 9.17) is 27.9 Å². The molecule has 3 aromatic rings. The van der Waals surface area contributed by atoms with E-state index < -0.39 is 17.7 Å². The fourth-order valence-corrected chi connectivity index (χ4v) is 3.43. The van der Waals surface area contributed by atoms with Crippen LogP contribution in [0.2, 0.25) is 10.0 Å². The highest BCUT2D eigenvalue weighted by Gasteiger charge is 2.15. The van der Waals surface area contributed by atoms with Gasteiger partial charge in [-0.2, -0.15) is 5.10 Å². The van der Waals surface area contributed by atoms with Crippen LogP contribution < -0.4 is 20.8 Å². The van der Waals surface area contributed by atoms with Crippen LogP contribution in [0.5, 0.6) is 5.75 Å². The summed E-state index contributed by atoms with van der Waals surface area (Å²) in [5, 5.41) is 9.67. The summed E-state index contributed by atoms with van der Waals surface area (Å²) in [5.41, 5.74) is 5.45. The van der Waals surface area contributed by atoms with E-state index >= 15 is 0 Å². The Labute approximate surface area is 212 Å². The minimum Gasteiger partial charge on any atom is -0.482 e. The molecule has 0 radical (unpaired) electrons. The van der Waals surface area contributed by atoms with Gasteiger partial charge in [0.15, 0.2) is 6.61 Å². The minimum atomic E-state index is -0.917. The molecule has 0 spiro atoms. The molecule has 0 aliphatic carbocycles. The number of hydrogen-bond acceptors (Lipinski definition) is 5. The number of benzene rings is 3. The number of rotatable bonds is 7. The summed E-state index contributed by atoms with van der Waals surface area (Å²) >= 11 is 12.2. The second-order valence-corrected chi connectivity index (χ2v) is 8.24. The Hall–Kier alpha value is -3.88. The van der Waals surface area contributed by atoms with Crippen LogP contribution in [-0.4, -0.2) is 30.5 Å². The lowest BCUT2D eigenvalue weighted by molar-refractivity contribution is -0.136. The number of para-hydroxylation sites is 2. The number of ether oxygens (including phenoxy) is 1. The topological polar surface area (TPSA) is 109 Å². The summed E-state index contributed by atoms with van der Waals surface area (Å²) < 4.78 is 5.46. The largest absolute Gasteiger partial charge is 0.482 e. The number of nitrogens with zero attached hydrogens (tertiary/aromatic N) is 1. The molecule has 0 fully saturated rings. The monoisotopic (exact) mass is 512 g/mol. The zero-order valence-electron chi connectivity index (χ0n) is 18.9. The number of halogens is 2. The van der Waals surface area contributed by atoms with Gasteiger partial charge in [0.25, 0.3) is 5.91 Å². The van der Waals surface area contributed by atoms with Crippen molar-refractivity contribution in [3.05, 3.63) is 87.4 Å². The zero-order valence-corrected chi connectivity index (χ0v) is 20.4. The average molecular weight is 513 g/mol. The van der Waals surface area contributed by atoms with Gasteiger partial charge in [-0.3, -0.25) is 14.4 Å². The van der Waals surface area contributed by atoms with Crippen molar-refractivity contribution in [2.45, 2.75) is 13.8 Å². The van der Waals surface area contributed by atoms with Crippen LogP contribution in [0, 0.1) is 13.8 Å². The van der Waals surface area contributed by atoms with Crippen molar-refractivity contribution in [3.63, 3.8) is 0 Å². The SMILES string of the molecule is Cc1cccc(C)c1NC(=O)C(=O)N/N=C\c1ccc(OCC(=O)Nc2ccccc2Cl)c(Cl)c1. The van der Waals surface area contributed by atoms with Gasteiger partial charge in [-0.15, -0.1) is 0 Å². The molecule has 0 aromatic heterocycles. The van der Waals surface area contributed by atoms with Gasteiger partial charge in [0.05, 0.1) is 21.9 Å². The van der Waals surface area contributed by atoms with Gasteiger partial charge in [0.2, 0.25) is 0 Å². The van der Waals surface area contributed by atoms with Gasteiger partial charge in [0.1, 0.15) is 5.75 Å². The Balaban J connectivity index is 1.51. The van der Waals surface area contributed by atoms with Crippen molar-refractivity contribution in [2.24, 2.45) is 5.10 Å². The van der Waals surface area contributed by atoms with Crippen molar-refractivity contribution in [3.8, 4) is 5.75 Å². The predicted octanol–water partition coefficient (Wildman–Crippen LogP) is 4.72. The van der Waals surface area contributed by atoms with Gasteiger partial charge in [-0.25, -0.2) is 5.43 Å². The standard InChI is InChI=1S/C25H22Cl2N4O4/c1-15-6-5-7-16(2)23(15)30-24(33)25(34)31-28-13-17-10-11-21(19(27)12-17)35-14-22(32)29-20-9-4-3-8-18(20)26/h3-13H,14H2,1-2H3,(H,29,32)(H,30,33)(H,31,34)/b28-13-. The van der Waals surface area contributed by atoms with Gasteiger partial charge in [-0.05, 0) is 60.9 Å². The Morgan fingerprint density at radius 2 is 1.60 bits per heavy atom. The molecule has 10 heteroatoms. The summed E-state index contributed by atoms with van der Waals surface area (Å²) in [5.74, 6) is -1.87. The van der Waals surface area contributed by atoms with Crippen molar-refractivity contribution in [1.82, 2.24) is 5.43 Å². The van der Waals surface area contributed by atoms with Crippen LogP contribution in [0.4, 0.5) is 11.4 Å². The Morgan fingerprint density at radius 1 is 0.886 bits per heavy atom. The number of anilines is 2. The normalized spacial score (nSPS) is 10.6. The molecule has 3 amide bonds. The Morgan fingerprint density at radius 3 is 2.29 bits per heavy atom. The van der Waals surface area contributed by atoms with Gasteiger partial charge < -0.3 is 15.4 Å². The summed E-state index contributed by atoms with van der Waals surface area (Å²) in [6.45, 7) is 3.39. The number of aryl methyl sites for hydroxylation is 2. The van der Waals surface area contributed by atoms with Gasteiger partial charge >= 0.3 is 11.8 Å². The lowest BCUT2D eigenvalue weighted by Gasteiger charge is -2.10. The second-order valence-electron chi connectivity index (χ2n) is 7.43. The third-order valence-corrected chi connectivity index (χ3v) is 5.39. The van der Waals surface area contributed by atoms with E-state index in [9.17, 15) is 14.4 Å². The highest BCUT2D eigenvalue weighted by atomic mass is 35.5. The quantitative estimate of drug-likeness (QED) is 0.241. The first-order valence-electron chi connectivity index (χ1n) is 10.4. The van der Waals surface area contributed by atoms with Gasteiger partial charge in [0, 0.05) is 5.69 Å². The average Bonchev–Trinajstić information content (AvgIpc) is 2.82. The molecule has 8 nitrogen and oxygen atoms in total. The number of hydrazone groups is 1. The van der Waals surface area contributed by atoms with E-state index in [1.807, 2.05) is 32.0 Å². The molecular weight excluding hydrogens is 491 g/mol. The molecule has 0 aliphatic heterocycles. The molecule has 0 unspecified atom stereocenters. The van der Waals surface area contributed by atoms with E-state index in [-0.39, 0.29) is 17.4 Å². The first kappa shape index (κ1) is 25.7. The van der Waals surface area contributed by atoms with Crippen LogP contribution in [0.25, 0.3) is 0 Å². The van der Waals surface area contributed by atoms with E-state index in [0.717, 1.165) is 11.1 Å². The minimum absolute atomic E-state index is 0.235. The second kappa shape index (κ2) is 12.0. The fraction of sp³-hybridized carbons (Fsp3) is 0.120. The lowest BCUT2D eigenvalue weighted by Crippen LogP contribution is -2.32. The molecule has 3 aromatic carbocycles. The molecule has 0 bridgehead atoms. The third-order valence-electron chi connectivity index (χ3n) is 4.77.